The van der Waals surface area contributed by atoms with Gasteiger partial charge in [-0.25, -0.2) is 0 Å². The number of rotatable bonds is 59. The van der Waals surface area contributed by atoms with Crippen molar-refractivity contribution in [3.05, 3.63) is 0 Å². The Hall–Kier alpha value is -1.63. The van der Waals surface area contributed by atoms with Crippen molar-refractivity contribution >= 4 is 17.8 Å². The molecule has 0 fully saturated rings. The Balaban J connectivity index is 5.23. The maximum absolute atomic E-state index is 14.1. The molecule has 7 nitrogen and oxygen atoms in total. The summed E-state index contributed by atoms with van der Waals surface area (Å²) in [5.74, 6) is 1.38. The molecule has 434 valence electrons. The van der Waals surface area contributed by atoms with E-state index in [0.717, 1.165) is 103 Å². The Morgan fingerprint density at radius 3 is 0.945 bits per heavy atom. The summed E-state index contributed by atoms with van der Waals surface area (Å²) in [5.41, 5.74) is 0. The molecule has 73 heavy (non-hydrogen) atoms. The molecule has 0 saturated heterocycles. The molecule has 0 rings (SSSR count). The number of nitrogens with zero attached hydrogens (tertiary/aromatic N) is 2. The molecule has 0 aromatic heterocycles. The number of ether oxygens (including phenoxy) is 2. The lowest BCUT2D eigenvalue weighted by Gasteiger charge is -2.33. The van der Waals surface area contributed by atoms with Gasteiger partial charge in [-0.3, -0.25) is 14.4 Å². The molecule has 0 heterocycles. The van der Waals surface area contributed by atoms with Gasteiger partial charge in [0.2, 0.25) is 5.91 Å². The van der Waals surface area contributed by atoms with E-state index in [1.54, 1.807) is 0 Å². The number of hydrogen-bond donors (Lipinski definition) is 0. The Morgan fingerprint density at radius 2 is 0.589 bits per heavy atom. The fraction of sp³-hybridized carbons (Fsp3) is 0.955. The van der Waals surface area contributed by atoms with Crippen molar-refractivity contribution in [2.45, 2.75) is 355 Å². The van der Waals surface area contributed by atoms with Crippen LogP contribution in [0.5, 0.6) is 0 Å². The van der Waals surface area contributed by atoms with Crippen molar-refractivity contribution < 1.29 is 23.9 Å². The van der Waals surface area contributed by atoms with Gasteiger partial charge in [-0.1, -0.05) is 259 Å². The maximum atomic E-state index is 14.1. The van der Waals surface area contributed by atoms with Crippen LogP contribution in [0.25, 0.3) is 0 Å². The number of esters is 2. The zero-order chi connectivity index (χ0) is 53.5. The summed E-state index contributed by atoms with van der Waals surface area (Å²) in [5, 5.41) is 0. The summed E-state index contributed by atoms with van der Waals surface area (Å²) in [6, 6.07) is 0.314. The second-order valence-electron chi connectivity index (χ2n) is 23.5. The van der Waals surface area contributed by atoms with Crippen LogP contribution in [0.1, 0.15) is 349 Å². The van der Waals surface area contributed by atoms with E-state index in [2.05, 4.69) is 58.5 Å². The second-order valence-corrected chi connectivity index (χ2v) is 23.5. The highest BCUT2D eigenvalue weighted by Crippen LogP contribution is 2.24. The molecular formula is C66H130N2O5. The molecule has 0 aromatic carbocycles. The highest BCUT2D eigenvalue weighted by molar-refractivity contribution is 5.76. The summed E-state index contributed by atoms with van der Waals surface area (Å²) < 4.78 is 11.8. The fourth-order valence-corrected chi connectivity index (χ4v) is 10.9. The molecule has 1 amide bonds. The van der Waals surface area contributed by atoms with E-state index >= 15 is 0 Å². The van der Waals surface area contributed by atoms with Gasteiger partial charge in [0.1, 0.15) is 0 Å². The summed E-state index contributed by atoms with van der Waals surface area (Å²) in [7, 11) is 4.24. The number of carbonyl (C=O) groups excluding carboxylic acids is 3. The molecule has 3 unspecified atom stereocenters. The Kier molecular flexibility index (Phi) is 55.3. The van der Waals surface area contributed by atoms with Gasteiger partial charge in [0.15, 0.2) is 0 Å². The third-order valence-corrected chi connectivity index (χ3v) is 15.9. The van der Waals surface area contributed by atoms with E-state index < -0.39 is 0 Å². The van der Waals surface area contributed by atoms with Crippen LogP contribution < -0.4 is 0 Å². The lowest BCUT2D eigenvalue weighted by Crippen LogP contribution is -2.41. The predicted octanol–water partition coefficient (Wildman–Crippen LogP) is 20.3. The van der Waals surface area contributed by atoms with Crippen molar-refractivity contribution in [1.82, 2.24) is 9.80 Å². The molecule has 0 aliphatic carbocycles. The Labute approximate surface area is 457 Å². The first-order valence-electron chi connectivity index (χ1n) is 33.0. The van der Waals surface area contributed by atoms with Crippen LogP contribution in [0.2, 0.25) is 0 Å². The van der Waals surface area contributed by atoms with Crippen molar-refractivity contribution in [2.75, 3.05) is 40.4 Å². The second kappa shape index (κ2) is 56.6. The van der Waals surface area contributed by atoms with E-state index in [4.69, 9.17) is 9.47 Å². The Morgan fingerprint density at radius 1 is 0.315 bits per heavy atom. The average molecular weight is 1030 g/mol. The molecule has 7 heteroatoms. The topological polar surface area (TPSA) is 76.1 Å². The molecule has 0 spiro atoms. The van der Waals surface area contributed by atoms with E-state index in [1.165, 1.54) is 205 Å². The van der Waals surface area contributed by atoms with Crippen LogP contribution in [0.15, 0.2) is 0 Å². The van der Waals surface area contributed by atoms with Crippen LogP contribution in [0, 0.1) is 11.8 Å². The minimum Gasteiger partial charge on any atom is -0.465 e. The van der Waals surface area contributed by atoms with E-state index in [9.17, 15) is 14.4 Å². The molecule has 0 aliphatic heterocycles. The van der Waals surface area contributed by atoms with Crippen molar-refractivity contribution in [1.29, 1.82) is 0 Å². The van der Waals surface area contributed by atoms with Gasteiger partial charge in [-0.15, -0.1) is 0 Å². The zero-order valence-electron chi connectivity index (χ0n) is 50.6. The van der Waals surface area contributed by atoms with Crippen LogP contribution in [0.4, 0.5) is 0 Å². The van der Waals surface area contributed by atoms with Crippen molar-refractivity contribution in [3.63, 3.8) is 0 Å². The molecule has 0 N–H and O–H groups in total. The number of hydrogen-bond acceptors (Lipinski definition) is 6. The largest absolute Gasteiger partial charge is 0.465 e. The normalized spacial score (nSPS) is 12.9. The summed E-state index contributed by atoms with van der Waals surface area (Å²) in [6.45, 7) is 14.5. The number of carbonyl (C=O) groups is 3. The molecular weight excluding hydrogens is 901 g/mol. The van der Waals surface area contributed by atoms with Gasteiger partial charge in [0, 0.05) is 31.8 Å². The van der Waals surface area contributed by atoms with Crippen LogP contribution >= 0.6 is 0 Å². The SMILES string of the molecule is CCCCCCCCCCC(CCCCCCCC(=O)OCC(CCCCCC)CCCCCCCC)N(CCCCCCCC(=O)OCC(CCCCCC)CCCCCCCC)C(=O)CCCCN(C)C. The highest BCUT2D eigenvalue weighted by Gasteiger charge is 2.23. The first-order chi connectivity index (χ1) is 35.7. The predicted molar refractivity (Wildman–Crippen MR) is 318 cm³/mol. The molecule has 0 saturated carbocycles. The molecule has 0 aliphatic rings. The van der Waals surface area contributed by atoms with Gasteiger partial charge in [-0.05, 0) is 103 Å². The first-order valence-corrected chi connectivity index (χ1v) is 33.0. The van der Waals surface area contributed by atoms with Gasteiger partial charge in [0.25, 0.3) is 0 Å². The van der Waals surface area contributed by atoms with Crippen LogP contribution in [0.3, 0.4) is 0 Å². The quantitative estimate of drug-likeness (QED) is 0.0446. The average Bonchev–Trinajstić information content (AvgIpc) is 3.38. The molecule has 0 bridgehead atoms. The van der Waals surface area contributed by atoms with E-state index in [0.29, 0.717) is 56.3 Å². The van der Waals surface area contributed by atoms with Gasteiger partial charge < -0.3 is 19.3 Å². The minimum absolute atomic E-state index is 0.0000102. The van der Waals surface area contributed by atoms with Crippen molar-refractivity contribution in [3.8, 4) is 0 Å². The number of unbranched alkanes of at least 4 members (excludes halogenated alkanes) is 32. The minimum atomic E-state index is -0.00955. The molecule has 0 radical (unpaired) electrons. The standard InChI is InChI=1S/C66H130N2O5/c1-8-13-18-23-26-27-32-41-52-63(53-42-33-28-34-43-55-65(70)72-59-61(48-37-21-16-11-4)50-39-30-24-19-14-9-2)68(64(69)54-45-47-57-67(6)7)58-46-36-29-35-44-56-66(71)73-60-62(49-38-22-17-12-5)51-40-31-25-20-15-10-3/h61-63H,8-60H2,1-7H3. The third-order valence-electron chi connectivity index (χ3n) is 15.9. The van der Waals surface area contributed by atoms with Gasteiger partial charge in [0.05, 0.1) is 13.2 Å². The lowest BCUT2D eigenvalue weighted by atomic mass is 9.95. The van der Waals surface area contributed by atoms with Gasteiger partial charge in [-0.2, -0.15) is 0 Å². The molecule has 0 aromatic rings. The smallest absolute Gasteiger partial charge is 0.305 e. The summed E-state index contributed by atoms with van der Waals surface area (Å²) >= 11 is 0. The van der Waals surface area contributed by atoms with Crippen LogP contribution in [-0.2, 0) is 23.9 Å². The summed E-state index contributed by atoms with van der Waals surface area (Å²) in [6.07, 6.45) is 57.8. The zero-order valence-corrected chi connectivity index (χ0v) is 50.6. The van der Waals surface area contributed by atoms with Crippen molar-refractivity contribution in [2.24, 2.45) is 11.8 Å². The van der Waals surface area contributed by atoms with E-state index in [-0.39, 0.29) is 11.9 Å². The Bertz CT molecular complexity index is 1160. The monoisotopic (exact) mass is 1030 g/mol. The summed E-state index contributed by atoms with van der Waals surface area (Å²) in [4.78, 5) is 44.4. The fourth-order valence-electron chi connectivity index (χ4n) is 10.9. The highest BCUT2D eigenvalue weighted by atomic mass is 16.5. The lowest BCUT2D eigenvalue weighted by molar-refractivity contribution is -0.146. The van der Waals surface area contributed by atoms with Gasteiger partial charge >= 0.3 is 11.9 Å². The number of amides is 1. The first kappa shape index (κ1) is 71.4. The maximum Gasteiger partial charge on any atom is 0.305 e. The molecule has 3 atom stereocenters. The van der Waals surface area contributed by atoms with Crippen LogP contribution in [-0.4, -0.2) is 74.1 Å². The third kappa shape index (κ3) is 49.7. The van der Waals surface area contributed by atoms with E-state index in [1.807, 2.05) is 0 Å².